The van der Waals surface area contributed by atoms with Gasteiger partial charge in [0.1, 0.15) is 5.57 Å². The van der Waals surface area contributed by atoms with Gasteiger partial charge in [-0.1, -0.05) is 36.4 Å². The predicted molar refractivity (Wildman–Crippen MR) is 97.3 cm³/mol. The standard InChI is InChI=1S/C19H12N2O3S/c22-17-15(10-12-8-9-25-11-12)18(23)21(19(24)20-17)16-7-3-5-13-4-1-2-6-14(13)16/h1-11H,(H,20,22,24). The first kappa shape index (κ1) is 15.3. The van der Waals surface area contributed by atoms with Crippen molar-refractivity contribution in [2.75, 3.05) is 4.90 Å². The van der Waals surface area contributed by atoms with Gasteiger partial charge in [-0.3, -0.25) is 14.9 Å². The smallest absolute Gasteiger partial charge is 0.273 e. The minimum atomic E-state index is -0.742. The molecule has 0 aliphatic carbocycles. The Labute approximate surface area is 147 Å². The molecule has 0 spiro atoms. The number of amides is 4. The lowest BCUT2D eigenvalue weighted by atomic mass is 10.1. The van der Waals surface area contributed by atoms with E-state index in [4.69, 9.17) is 0 Å². The van der Waals surface area contributed by atoms with Crippen molar-refractivity contribution in [3.8, 4) is 0 Å². The number of nitrogens with one attached hydrogen (secondary N) is 1. The maximum Gasteiger partial charge on any atom is 0.335 e. The van der Waals surface area contributed by atoms with Crippen LogP contribution in [0, 0.1) is 0 Å². The normalized spacial score (nSPS) is 16.6. The highest BCUT2D eigenvalue weighted by Crippen LogP contribution is 2.29. The molecule has 5 nitrogen and oxygen atoms in total. The van der Waals surface area contributed by atoms with E-state index in [1.54, 1.807) is 18.2 Å². The topological polar surface area (TPSA) is 66.5 Å². The van der Waals surface area contributed by atoms with Gasteiger partial charge in [-0.25, -0.2) is 9.69 Å². The quantitative estimate of drug-likeness (QED) is 0.569. The number of nitrogens with zero attached hydrogens (tertiary/aromatic N) is 1. The fourth-order valence-electron chi connectivity index (χ4n) is 2.80. The molecule has 2 heterocycles. The Morgan fingerprint density at radius 2 is 1.76 bits per heavy atom. The number of barbiturate groups is 1. The molecule has 0 saturated carbocycles. The predicted octanol–water partition coefficient (Wildman–Crippen LogP) is 3.57. The summed E-state index contributed by atoms with van der Waals surface area (Å²) in [6.07, 6.45) is 1.50. The number of carbonyl (C=O) groups excluding carboxylic acids is 3. The van der Waals surface area contributed by atoms with Crippen molar-refractivity contribution in [2.24, 2.45) is 0 Å². The average Bonchev–Trinajstić information content (AvgIpc) is 3.12. The van der Waals surface area contributed by atoms with E-state index < -0.39 is 17.8 Å². The van der Waals surface area contributed by atoms with Gasteiger partial charge in [0, 0.05) is 5.39 Å². The Kier molecular flexibility index (Phi) is 3.66. The number of urea groups is 1. The Morgan fingerprint density at radius 1 is 0.960 bits per heavy atom. The molecule has 0 atom stereocenters. The van der Waals surface area contributed by atoms with Crippen molar-refractivity contribution in [1.82, 2.24) is 5.32 Å². The van der Waals surface area contributed by atoms with Crippen LogP contribution in [0.5, 0.6) is 0 Å². The summed E-state index contributed by atoms with van der Waals surface area (Å²) in [6.45, 7) is 0. The van der Waals surface area contributed by atoms with Crippen LogP contribution in [0.2, 0.25) is 0 Å². The summed E-state index contributed by atoms with van der Waals surface area (Å²) in [4.78, 5) is 38.4. The van der Waals surface area contributed by atoms with Gasteiger partial charge in [0.25, 0.3) is 11.8 Å². The number of carbonyl (C=O) groups is 3. The molecule has 0 radical (unpaired) electrons. The van der Waals surface area contributed by atoms with Crippen LogP contribution < -0.4 is 10.2 Å². The minimum absolute atomic E-state index is 0.0639. The molecule has 0 bridgehead atoms. The Balaban J connectivity index is 1.84. The minimum Gasteiger partial charge on any atom is -0.273 e. The van der Waals surface area contributed by atoms with Crippen LogP contribution in [-0.2, 0) is 9.59 Å². The fourth-order valence-corrected chi connectivity index (χ4v) is 3.42. The lowest BCUT2D eigenvalue weighted by molar-refractivity contribution is -0.122. The number of fused-ring (bicyclic) bond motifs is 1. The lowest BCUT2D eigenvalue weighted by Crippen LogP contribution is -2.54. The third-order valence-corrected chi connectivity index (χ3v) is 4.66. The summed E-state index contributed by atoms with van der Waals surface area (Å²) < 4.78 is 0. The number of hydrogen-bond acceptors (Lipinski definition) is 4. The summed E-state index contributed by atoms with van der Waals surface area (Å²) in [5.41, 5.74) is 1.13. The van der Waals surface area contributed by atoms with Crippen molar-refractivity contribution in [2.45, 2.75) is 0 Å². The van der Waals surface area contributed by atoms with Gasteiger partial charge < -0.3 is 0 Å². The third kappa shape index (κ3) is 2.62. The average molecular weight is 348 g/mol. The SMILES string of the molecule is O=C1NC(=O)N(c2cccc3ccccc23)C(=O)C1=Cc1ccsc1. The van der Waals surface area contributed by atoms with Crippen LogP contribution in [0.4, 0.5) is 10.5 Å². The van der Waals surface area contributed by atoms with Crippen LogP contribution in [0.15, 0.2) is 64.9 Å². The second-order valence-corrected chi connectivity index (χ2v) is 6.29. The Hall–Kier alpha value is -3.25. The van der Waals surface area contributed by atoms with Crippen molar-refractivity contribution < 1.29 is 14.4 Å². The maximum atomic E-state index is 12.9. The maximum absolute atomic E-state index is 12.9. The summed E-state index contributed by atoms with van der Waals surface area (Å²) in [5, 5.41) is 7.59. The van der Waals surface area contributed by atoms with E-state index in [2.05, 4.69) is 5.32 Å². The molecule has 4 rings (SSSR count). The van der Waals surface area contributed by atoms with E-state index in [0.29, 0.717) is 5.69 Å². The van der Waals surface area contributed by atoms with Crippen molar-refractivity contribution in [3.63, 3.8) is 0 Å². The molecule has 2 aromatic carbocycles. The van der Waals surface area contributed by atoms with Gasteiger partial charge in [0.15, 0.2) is 0 Å². The largest absolute Gasteiger partial charge is 0.335 e. The third-order valence-electron chi connectivity index (χ3n) is 3.96. The highest BCUT2D eigenvalue weighted by molar-refractivity contribution is 7.08. The first-order valence-corrected chi connectivity index (χ1v) is 8.51. The van der Waals surface area contributed by atoms with E-state index >= 15 is 0 Å². The van der Waals surface area contributed by atoms with Crippen molar-refractivity contribution >= 4 is 51.7 Å². The summed E-state index contributed by atoms with van der Waals surface area (Å²) in [5.74, 6) is -1.31. The lowest BCUT2D eigenvalue weighted by Gasteiger charge is -2.27. The molecule has 1 aliphatic heterocycles. The van der Waals surface area contributed by atoms with Crippen molar-refractivity contribution in [3.05, 3.63) is 70.4 Å². The number of thiophene rings is 1. The van der Waals surface area contributed by atoms with Crippen molar-refractivity contribution in [1.29, 1.82) is 0 Å². The molecule has 4 amide bonds. The summed E-state index contributed by atoms with van der Waals surface area (Å²) in [7, 11) is 0. The first-order valence-electron chi connectivity index (χ1n) is 7.56. The first-order chi connectivity index (χ1) is 12.1. The number of anilines is 1. The van der Waals surface area contributed by atoms with Crippen LogP contribution in [0.25, 0.3) is 16.8 Å². The van der Waals surface area contributed by atoms with E-state index in [0.717, 1.165) is 21.2 Å². The Bertz CT molecular complexity index is 1030. The second kappa shape index (κ2) is 5.99. The monoisotopic (exact) mass is 348 g/mol. The molecule has 6 heteroatoms. The molecule has 1 aliphatic rings. The van der Waals surface area contributed by atoms with Gasteiger partial charge in [-0.15, -0.1) is 0 Å². The van der Waals surface area contributed by atoms with E-state index in [-0.39, 0.29) is 5.57 Å². The summed E-state index contributed by atoms with van der Waals surface area (Å²) >= 11 is 1.46. The van der Waals surface area contributed by atoms with Crippen LogP contribution in [0.3, 0.4) is 0 Å². The molecular weight excluding hydrogens is 336 g/mol. The molecule has 25 heavy (non-hydrogen) atoms. The molecular formula is C19H12N2O3S. The zero-order chi connectivity index (χ0) is 17.4. The number of hydrogen-bond donors (Lipinski definition) is 1. The zero-order valence-electron chi connectivity index (χ0n) is 12.9. The molecule has 122 valence electrons. The summed E-state index contributed by atoms with van der Waals surface area (Å²) in [6, 6.07) is 13.9. The van der Waals surface area contributed by atoms with Gasteiger partial charge >= 0.3 is 6.03 Å². The molecule has 0 unspecified atom stereocenters. The van der Waals surface area contributed by atoms with Crippen LogP contribution in [-0.4, -0.2) is 17.8 Å². The second-order valence-electron chi connectivity index (χ2n) is 5.51. The molecule has 1 aromatic heterocycles. The van der Waals surface area contributed by atoms with Crippen LogP contribution in [0.1, 0.15) is 5.56 Å². The number of imide groups is 2. The van der Waals surface area contributed by atoms with E-state index in [9.17, 15) is 14.4 Å². The van der Waals surface area contributed by atoms with Crippen LogP contribution >= 0.6 is 11.3 Å². The van der Waals surface area contributed by atoms with E-state index in [1.165, 1.54) is 17.4 Å². The number of benzene rings is 2. The van der Waals surface area contributed by atoms with Gasteiger partial charge in [-0.05, 0) is 39.9 Å². The van der Waals surface area contributed by atoms with Gasteiger partial charge in [-0.2, -0.15) is 11.3 Å². The number of rotatable bonds is 2. The van der Waals surface area contributed by atoms with E-state index in [1.807, 2.05) is 41.1 Å². The highest BCUT2D eigenvalue weighted by atomic mass is 32.1. The molecule has 1 fully saturated rings. The van der Waals surface area contributed by atoms with Gasteiger partial charge in [0.2, 0.25) is 0 Å². The fraction of sp³-hybridized carbons (Fsp3) is 0. The molecule has 1 saturated heterocycles. The molecule has 1 N–H and O–H groups in total. The highest BCUT2D eigenvalue weighted by Gasteiger charge is 2.37. The molecule has 3 aromatic rings. The zero-order valence-corrected chi connectivity index (χ0v) is 13.7. The van der Waals surface area contributed by atoms with Gasteiger partial charge in [0.05, 0.1) is 5.69 Å². The Morgan fingerprint density at radius 3 is 2.56 bits per heavy atom.